The third-order valence-electron chi connectivity index (χ3n) is 0.748. The van der Waals surface area contributed by atoms with Gasteiger partial charge in [0.1, 0.15) is 6.10 Å². The van der Waals surface area contributed by atoms with Crippen LogP contribution in [-0.2, 0) is 4.74 Å². The molecule has 1 amide bonds. The molecule has 0 aromatic heterocycles. The number of carbonyl (C=O) groups is 1. The van der Waals surface area contributed by atoms with Crippen molar-refractivity contribution in [1.29, 1.82) is 0 Å². The van der Waals surface area contributed by atoms with E-state index in [1.54, 1.807) is 0 Å². The number of rotatable bonds is 0. The molecule has 0 spiro atoms. The Morgan fingerprint density at radius 2 is 2.71 bits per heavy atom. The predicted octanol–water partition coefficient (Wildman–Crippen LogP) is -0.0711. The van der Waals surface area contributed by atoms with Gasteiger partial charge in [-0.3, -0.25) is 0 Å². The number of hydrogen-bond donors (Lipinski definition) is 1. The fourth-order valence-corrected chi connectivity index (χ4v) is 0.432. The van der Waals surface area contributed by atoms with Crippen molar-refractivity contribution in [3.63, 3.8) is 0 Å². The fourth-order valence-electron chi connectivity index (χ4n) is 0.432. The summed E-state index contributed by atoms with van der Waals surface area (Å²) >= 11 is 0. The zero-order chi connectivity index (χ0) is 5.28. The molecule has 1 N–H and O–H groups in total. The van der Waals surface area contributed by atoms with Gasteiger partial charge in [-0.2, -0.15) is 0 Å². The third kappa shape index (κ3) is 0.824. The average molecular weight is 100 g/mol. The summed E-state index contributed by atoms with van der Waals surface area (Å²) in [6, 6.07) is 0. The second-order valence-electron chi connectivity index (χ2n) is 1.41. The van der Waals surface area contributed by atoms with E-state index in [0.717, 1.165) is 0 Å². The molecule has 0 aromatic rings. The van der Waals surface area contributed by atoms with Gasteiger partial charge >= 0.3 is 6.09 Å². The van der Waals surface area contributed by atoms with Crippen molar-refractivity contribution < 1.29 is 9.53 Å². The molecule has 1 aliphatic rings. The minimum absolute atomic E-state index is 0.188. The molecule has 7 heavy (non-hydrogen) atoms. The molecule has 0 aromatic carbocycles. The summed E-state index contributed by atoms with van der Waals surface area (Å²) in [5, 5.41) is 2.45. The minimum Gasteiger partial charge on any atom is -0.444 e. The Hall–Kier alpha value is -0.730. The van der Waals surface area contributed by atoms with Crippen LogP contribution in [0.15, 0.2) is 0 Å². The Balaban J connectivity index is 2.40. The van der Waals surface area contributed by atoms with E-state index in [2.05, 4.69) is 17.0 Å². The maximum absolute atomic E-state index is 10.1. The van der Waals surface area contributed by atoms with Gasteiger partial charge in [-0.15, -0.1) is 0 Å². The molecule has 0 aliphatic carbocycles. The summed E-state index contributed by atoms with van der Waals surface area (Å²) < 4.78 is 4.50. The summed E-state index contributed by atoms with van der Waals surface area (Å²) in [5.41, 5.74) is 0. The normalized spacial score (nSPS) is 29.3. The molecule has 1 radical (unpaired) electrons. The third-order valence-corrected chi connectivity index (χ3v) is 0.748. The lowest BCUT2D eigenvalue weighted by molar-refractivity contribution is 0.157. The molecule has 1 aliphatic heterocycles. The highest BCUT2D eigenvalue weighted by atomic mass is 16.6. The van der Waals surface area contributed by atoms with Crippen LogP contribution in [0.25, 0.3) is 0 Å². The Morgan fingerprint density at radius 1 is 2.00 bits per heavy atom. The van der Waals surface area contributed by atoms with Crippen LogP contribution in [0, 0.1) is 6.92 Å². The molecule has 39 valence electrons. The van der Waals surface area contributed by atoms with Crippen molar-refractivity contribution in [3.8, 4) is 0 Å². The first-order valence-corrected chi connectivity index (χ1v) is 2.06. The maximum atomic E-state index is 10.1. The van der Waals surface area contributed by atoms with E-state index in [9.17, 15) is 4.79 Å². The molecule has 3 nitrogen and oxygen atoms in total. The van der Waals surface area contributed by atoms with Gasteiger partial charge in [-0.05, 0) is 6.92 Å². The first kappa shape index (κ1) is 4.43. The highest BCUT2D eigenvalue weighted by Crippen LogP contribution is 1.95. The van der Waals surface area contributed by atoms with Crippen LogP contribution < -0.4 is 5.32 Å². The minimum atomic E-state index is -0.361. The summed E-state index contributed by atoms with van der Waals surface area (Å²) in [7, 11) is 0. The van der Waals surface area contributed by atoms with Crippen LogP contribution in [0.1, 0.15) is 0 Å². The van der Waals surface area contributed by atoms with Gasteiger partial charge in [0, 0.05) is 0 Å². The molecule has 1 fully saturated rings. The molecule has 0 saturated carbocycles. The standard InChI is InChI=1S/C4H6NO2/c1-3-2-5-4(6)7-3/h3H,1-2H2,(H,5,6)/t3-/m0/s1. The van der Waals surface area contributed by atoms with E-state index in [4.69, 9.17) is 0 Å². The van der Waals surface area contributed by atoms with Crippen molar-refractivity contribution >= 4 is 6.09 Å². The van der Waals surface area contributed by atoms with Crippen molar-refractivity contribution in [3.05, 3.63) is 6.92 Å². The summed E-state index contributed by atoms with van der Waals surface area (Å²) in [4.78, 5) is 10.1. The highest BCUT2D eigenvalue weighted by Gasteiger charge is 2.16. The van der Waals surface area contributed by atoms with E-state index in [1.807, 2.05) is 0 Å². The predicted molar refractivity (Wildman–Crippen MR) is 23.6 cm³/mol. The number of cyclic esters (lactones) is 1. The Bertz CT molecular complexity index is 91.7. The van der Waals surface area contributed by atoms with Crippen molar-refractivity contribution in [1.82, 2.24) is 5.32 Å². The van der Waals surface area contributed by atoms with E-state index < -0.39 is 0 Å². The van der Waals surface area contributed by atoms with E-state index in [0.29, 0.717) is 6.54 Å². The zero-order valence-corrected chi connectivity index (χ0v) is 3.81. The van der Waals surface area contributed by atoms with Crippen molar-refractivity contribution in [2.75, 3.05) is 6.54 Å². The van der Waals surface area contributed by atoms with Gasteiger partial charge in [0.25, 0.3) is 0 Å². The molecule has 1 atom stereocenters. The first-order chi connectivity index (χ1) is 3.29. The molecule has 3 heteroatoms. The number of alkyl carbamates (subject to hydrolysis) is 1. The van der Waals surface area contributed by atoms with Gasteiger partial charge in [0.15, 0.2) is 0 Å². The number of amides is 1. The van der Waals surface area contributed by atoms with Crippen LogP contribution in [0.2, 0.25) is 0 Å². The lowest BCUT2D eigenvalue weighted by atomic mass is 10.4. The van der Waals surface area contributed by atoms with E-state index in [-0.39, 0.29) is 12.2 Å². The molecular weight excluding hydrogens is 94.0 g/mol. The van der Waals surface area contributed by atoms with Crippen molar-refractivity contribution in [2.45, 2.75) is 6.10 Å². The Labute approximate surface area is 41.7 Å². The number of nitrogens with one attached hydrogen (secondary N) is 1. The monoisotopic (exact) mass is 100 g/mol. The van der Waals surface area contributed by atoms with E-state index >= 15 is 0 Å². The lowest BCUT2D eigenvalue weighted by Gasteiger charge is -1.92. The van der Waals surface area contributed by atoms with Crippen LogP contribution in [0.3, 0.4) is 0 Å². The lowest BCUT2D eigenvalue weighted by Crippen LogP contribution is -2.13. The molecule has 1 rings (SSSR count). The summed E-state index contributed by atoms with van der Waals surface area (Å²) in [6.07, 6.45) is -0.549. The van der Waals surface area contributed by atoms with Gasteiger partial charge in [0.05, 0.1) is 6.54 Å². The van der Waals surface area contributed by atoms with Crippen LogP contribution in [-0.4, -0.2) is 18.7 Å². The topological polar surface area (TPSA) is 38.3 Å². The van der Waals surface area contributed by atoms with Crippen molar-refractivity contribution in [2.24, 2.45) is 0 Å². The maximum Gasteiger partial charge on any atom is 0.407 e. The second-order valence-corrected chi connectivity index (χ2v) is 1.41. The fraction of sp³-hybridized carbons (Fsp3) is 0.500. The molecule has 0 bridgehead atoms. The molecular formula is C4H6NO2. The van der Waals surface area contributed by atoms with Crippen LogP contribution in [0.5, 0.6) is 0 Å². The number of carbonyl (C=O) groups excluding carboxylic acids is 1. The Morgan fingerprint density at radius 3 is 2.86 bits per heavy atom. The number of ether oxygens (including phenoxy) is 1. The average Bonchev–Trinajstić information content (AvgIpc) is 1.87. The van der Waals surface area contributed by atoms with Gasteiger partial charge < -0.3 is 10.1 Å². The quantitative estimate of drug-likeness (QED) is 0.462. The van der Waals surface area contributed by atoms with Crippen LogP contribution >= 0.6 is 0 Å². The largest absolute Gasteiger partial charge is 0.444 e. The molecule has 1 saturated heterocycles. The summed E-state index contributed by atoms with van der Waals surface area (Å²) in [6.45, 7) is 4.02. The molecule has 0 unspecified atom stereocenters. The van der Waals surface area contributed by atoms with Gasteiger partial charge in [0.2, 0.25) is 0 Å². The highest BCUT2D eigenvalue weighted by molar-refractivity contribution is 5.69. The SMILES string of the molecule is [CH2][C@H]1CNC(=O)O1. The Kier molecular flexibility index (Phi) is 0.889. The van der Waals surface area contributed by atoms with Crippen LogP contribution in [0.4, 0.5) is 4.79 Å². The molecule has 1 heterocycles. The van der Waals surface area contributed by atoms with E-state index in [1.165, 1.54) is 0 Å². The van der Waals surface area contributed by atoms with Gasteiger partial charge in [-0.25, -0.2) is 4.79 Å². The smallest absolute Gasteiger partial charge is 0.407 e. The zero-order valence-electron chi connectivity index (χ0n) is 3.81. The summed E-state index contributed by atoms with van der Waals surface area (Å²) in [5.74, 6) is 0. The number of hydrogen-bond acceptors (Lipinski definition) is 2. The first-order valence-electron chi connectivity index (χ1n) is 2.06. The second kappa shape index (κ2) is 1.40. The van der Waals surface area contributed by atoms with Gasteiger partial charge in [-0.1, -0.05) is 0 Å².